The minimum Gasteiger partial charge on any atom is -0.480 e. The third-order valence-corrected chi connectivity index (χ3v) is 7.61. The number of ether oxygens (including phenoxy) is 1. The predicted octanol–water partition coefficient (Wildman–Crippen LogP) is 4.85. The third-order valence-electron chi connectivity index (χ3n) is 6.98. The molecule has 5 heterocycles. The van der Waals surface area contributed by atoms with E-state index in [9.17, 15) is 13.4 Å². The standard InChI is InChI=1S/C29H24FN8O4S/c1-16(21-12-20-10-9-19(30)14-37(20)29(39)23(21)17-7-5-4-6-8-17)38-27-24(26(31)33-15-34-27)25(35-38)18-11-22(36-43(40)42-3)28(41-2)32-13-18/h4-16H,1-3H3,(H2,31,33,34)/q-1/t16-/m1/s1. The highest BCUT2D eigenvalue weighted by molar-refractivity contribution is 7.69. The molecule has 0 aliphatic carbocycles. The van der Waals surface area contributed by atoms with Gasteiger partial charge in [-0.1, -0.05) is 41.2 Å². The Morgan fingerprint density at radius 2 is 1.84 bits per heavy atom. The monoisotopic (exact) mass is 599 g/mol. The van der Waals surface area contributed by atoms with Gasteiger partial charge in [-0.15, -0.1) is 0 Å². The van der Waals surface area contributed by atoms with Crippen molar-refractivity contribution in [3.05, 3.63) is 95.1 Å². The van der Waals surface area contributed by atoms with E-state index in [1.165, 1.54) is 43.4 Å². The zero-order valence-electron chi connectivity index (χ0n) is 23.1. The van der Waals surface area contributed by atoms with Crippen LogP contribution in [0.4, 0.5) is 15.9 Å². The van der Waals surface area contributed by atoms with Crippen molar-refractivity contribution in [3.63, 3.8) is 0 Å². The molecule has 12 nitrogen and oxygen atoms in total. The fourth-order valence-corrected chi connectivity index (χ4v) is 5.36. The molecule has 0 unspecified atom stereocenters. The number of rotatable bonds is 7. The van der Waals surface area contributed by atoms with Gasteiger partial charge in [-0.2, -0.15) is 5.10 Å². The average Bonchev–Trinajstić information content (AvgIpc) is 3.42. The number of benzene rings is 1. The van der Waals surface area contributed by atoms with Crippen LogP contribution in [-0.4, -0.2) is 43.4 Å². The number of hydrogen-bond donors (Lipinski definition) is 1. The number of nitrogens with zero attached hydrogens (tertiary/aromatic N) is 7. The van der Waals surface area contributed by atoms with Crippen molar-refractivity contribution >= 4 is 38.9 Å². The molecule has 0 amide bonds. The molecule has 0 spiro atoms. The van der Waals surface area contributed by atoms with Crippen LogP contribution in [0.2, 0.25) is 0 Å². The van der Waals surface area contributed by atoms with Crippen LogP contribution in [0.25, 0.3) is 38.9 Å². The molecule has 0 bridgehead atoms. The summed E-state index contributed by atoms with van der Waals surface area (Å²) in [7, 11) is 0.702. The lowest BCUT2D eigenvalue weighted by atomic mass is 9.96. The summed E-state index contributed by atoms with van der Waals surface area (Å²) in [6, 6.07) is 14.9. The highest BCUT2D eigenvalue weighted by Gasteiger charge is 2.25. The summed E-state index contributed by atoms with van der Waals surface area (Å²) in [5.41, 5.74) is 9.60. The molecule has 0 aliphatic heterocycles. The number of halogens is 1. The zero-order valence-corrected chi connectivity index (χ0v) is 23.9. The van der Waals surface area contributed by atoms with Gasteiger partial charge < -0.3 is 23.2 Å². The highest BCUT2D eigenvalue weighted by atomic mass is 32.2. The number of fused-ring (bicyclic) bond motifs is 2. The van der Waals surface area contributed by atoms with E-state index in [-0.39, 0.29) is 22.9 Å². The molecule has 14 heteroatoms. The maximum Gasteiger partial charge on any atom is 0.263 e. The van der Waals surface area contributed by atoms with E-state index in [1.807, 2.05) is 43.3 Å². The predicted molar refractivity (Wildman–Crippen MR) is 160 cm³/mol. The van der Waals surface area contributed by atoms with Gasteiger partial charge in [0.1, 0.15) is 29.3 Å². The molecule has 6 rings (SSSR count). The summed E-state index contributed by atoms with van der Waals surface area (Å²) in [6.07, 6.45) is 4.02. The van der Waals surface area contributed by atoms with Crippen LogP contribution in [0.15, 0.2) is 82.5 Å². The summed E-state index contributed by atoms with van der Waals surface area (Å²) >= 11 is 0. The van der Waals surface area contributed by atoms with Crippen LogP contribution in [-0.2, 0) is 19.3 Å². The van der Waals surface area contributed by atoms with Gasteiger partial charge in [-0.3, -0.25) is 9.20 Å². The minimum atomic E-state index is -1.97. The van der Waals surface area contributed by atoms with Crippen molar-refractivity contribution in [1.82, 2.24) is 29.1 Å². The fraction of sp³-hybridized carbons (Fsp3) is 0.138. The van der Waals surface area contributed by atoms with E-state index >= 15 is 0 Å². The molecule has 218 valence electrons. The van der Waals surface area contributed by atoms with E-state index in [2.05, 4.69) is 19.3 Å². The van der Waals surface area contributed by atoms with Gasteiger partial charge in [0.2, 0.25) is 5.88 Å². The molecule has 1 atom stereocenters. The Kier molecular flexibility index (Phi) is 7.29. The quantitative estimate of drug-likeness (QED) is 0.254. The van der Waals surface area contributed by atoms with Crippen molar-refractivity contribution in [2.45, 2.75) is 13.0 Å². The fourth-order valence-electron chi connectivity index (χ4n) is 4.99. The van der Waals surface area contributed by atoms with E-state index < -0.39 is 22.7 Å². The molecule has 0 radical (unpaired) electrons. The molecule has 0 saturated heterocycles. The van der Waals surface area contributed by atoms with E-state index in [1.54, 1.807) is 16.8 Å². The minimum absolute atomic E-state index is 0.135. The molecular weight excluding hydrogens is 575 g/mol. The van der Waals surface area contributed by atoms with E-state index in [4.69, 9.17) is 19.8 Å². The van der Waals surface area contributed by atoms with Gasteiger partial charge in [0, 0.05) is 30.6 Å². The number of nitrogens with two attached hydrogens (primary N) is 1. The molecule has 6 aromatic rings. The van der Waals surface area contributed by atoms with Crippen LogP contribution in [0.5, 0.6) is 5.88 Å². The van der Waals surface area contributed by atoms with Gasteiger partial charge >= 0.3 is 0 Å². The summed E-state index contributed by atoms with van der Waals surface area (Å²) in [4.78, 5) is 26.8. The first kappa shape index (κ1) is 27.9. The van der Waals surface area contributed by atoms with Gasteiger partial charge in [-0.05, 0) is 42.3 Å². The first-order valence-corrected chi connectivity index (χ1v) is 13.9. The first-order chi connectivity index (χ1) is 20.8. The molecule has 0 saturated carbocycles. The summed E-state index contributed by atoms with van der Waals surface area (Å²) in [5.74, 6) is -0.223. The Hall–Kier alpha value is -5.21. The number of methoxy groups -OCH3 is 1. The van der Waals surface area contributed by atoms with Gasteiger partial charge in [0.15, 0.2) is 5.65 Å². The average molecular weight is 600 g/mol. The lowest BCUT2D eigenvalue weighted by Crippen LogP contribution is -2.21. The largest absolute Gasteiger partial charge is 0.480 e. The summed E-state index contributed by atoms with van der Waals surface area (Å²) in [6.45, 7) is 1.88. The number of aromatic nitrogens is 6. The number of pyridine rings is 3. The second-order valence-electron chi connectivity index (χ2n) is 9.44. The molecular formula is C29H24FN8O4S-. The Bertz CT molecular complexity index is 2160. The van der Waals surface area contributed by atoms with Crippen molar-refractivity contribution in [2.75, 3.05) is 20.0 Å². The van der Waals surface area contributed by atoms with Crippen molar-refractivity contribution in [3.8, 4) is 28.3 Å². The van der Waals surface area contributed by atoms with Crippen LogP contribution in [0, 0.1) is 5.82 Å². The zero-order chi connectivity index (χ0) is 30.2. The van der Waals surface area contributed by atoms with E-state index in [0.29, 0.717) is 44.5 Å². The molecule has 2 N–H and O–H groups in total. The second-order valence-corrected chi connectivity index (χ2v) is 10.4. The SMILES string of the molecule is COc1ncc(-c2nn([C@H](C)c3cc4ccc(F)cn4c(=O)c3-c3ccccc3)c3ncnc(N)c23)cc1N=[S-](=O)OC. The van der Waals surface area contributed by atoms with Crippen molar-refractivity contribution in [1.29, 1.82) is 0 Å². The first-order valence-electron chi connectivity index (χ1n) is 12.9. The van der Waals surface area contributed by atoms with Gasteiger partial charge in [0.05, 0.1) is 24.1 Å². The normalized spacial score (nSPS) is 13.0. The van der Waals surface area contributed by atoms with Crippen LogP contribution < -0.4 is 16.0 Å². The van der Waals surface area contributed by atoms with Crippen LogP contribution in [0.3, 0.4) is 0 Å². The Balaban J connectivity index is 1.61. The highest BCUT2D eigenvalue weighted by Crippen LogP contribution is 2.37. The molecule has 1 aromatic carbocycles. The Morgan fingerprint density at radius 3 is 2.58 bits per heavy atom. The molecule has 0 fully saturated rings. The van der Waals surface area contributed by atoms with Crippen molar-refractivity contribution in [2.24, 2.45) is 4.36 Å². The molecule has 0 aliphatic rings. The maximum absolute atomic E-state index is 14.2. The van der Waals surface area contributed by atoms with Crippen LogP contribution in [0.1, 0.15) is 18.5 Å². The van der Waals surface area contributed by atoms with Crippen molar-refractivity contribution < 1.29 is 17.5 Å². The van der Waals surface area contributed by atoms with Gasteiger partial charge in [-0.25, -0.2) is 24.0 Å². The Labute approximate surface area is 246 Å². The summed E-state index contributed by atoms with van der Waals surface area (Å²) < 4.78 is 43.2. The van der Waals surface area contributed by atoms with Crippen LogP contribution >= 0.6 is 0 Å². The van der Waals surface area contributed by atoms with Gasteiger partial charge in [0.25, 0.3) is 5.56 Å². The lowest BCUT2D eigenvalue weighted by molar-refractivity contribution is 0.399. The third kappa shape index (κ3) is 4.96. The number of nitrogen functional groups attached to an aromatic ring is 1. The molecule has 5 aromatic heterocycles. The topological polar surface area (TPSA) is 152 Å². The number of hydrogen-bond acceptors (Lipinski definition) is 11. The smallest absolute Gasteiger partial charge is 0.263 e. The second kappa shape index (κ2) is 11.2. The maximum atomic E-state index is 14.2. The molecule has 43 heavy (non-hydrogen) atoms. The lowest BCUT2D eigenvalue weighted by Gasteiger charge is -2.19. The summed E-state index contributed by atoms with van der Waals surface area (Å²) in [5, 5.41) is 5.33. The van der Waals surface area contributed by atoms with E-state index in [0.717, 1.165) is 0 Å². The Morgan fingerprint density at radius 1 is 1.05 bits per heavy atom. The number of anilines is 1.